The Hall–Kier alpha value is -2.99. The molecule has 4 heterocycles. The van der Waals surface area contributed by atoms with E-state index in [1.807, 2.05) is 0 Å². The summed E-state index contributed by atoms with van der Waals surface area (Å²) in [5.41, 5.74) is 0.665. The molecule has 5 rings (SSSR count). The largest absolute Gasteiger partial charge is 0.419 e. The molecule has 0 N–H and O–H groups in total. The molecule has 0 saturated carbocycles. The number of piperidine rings is 1. The highest BCUT2D eigenvalue weighted by Gasteiger charge is 2.29. The molecule has 2 aliphatic heterocycles. The van der Waals surface area contributed by atoms with Crippen LogP contribution in [0.1, 0.15) is 49.7 Å². The van der Waals surface area contributed by atoms with E-state index in [1.165, 1.54) is 21.0 Å². The number of carbonyl (C=O) groups is 1. The van der Waals surface area contributed by atoms with Gasteiger partial charge in [0.1, 0.15) is 0 Å². The molecule has 0 radical (unpaired) electrons. The van der Waals surface area contributed by atoms with Gasteiger partial charge in [0.05, 0.1) is 16.3 Å². The summed E-state index contributed by atoms with van der Waals surface area (Å²) in [6.07, 6.45) is 3.51. The predicted octanol–water partition coefficient (Wildman–Crippen LogP) is 1.87. The van der Waals surface area contributed by atoms with Crippen LogP contribution in [0.2, 0.25) is 0 Å². The van der Waals surface area contributed by atoms with Crippen LogP contribution in [0.5, 0.6) is 0 Å². The van der Waals surface area contributed by atoms with Gasteiger partial charge in [0.25, 0.3) is 0 Å². The van der Waals surface area contributed by atoms with E-state index in [4.69, 9.17) is 8.94 Å². The number of rotatable bonds is 6. The van der Waals surface area contributed by atoms with E-state index >= 15 is 0 Å². The first kappa shape index (κ1) is 22.8. The molecule has 1 amide bonds. The number of oxazole rings is 1. The van der Waals surface area contributed by atoms with Crippen molar-refractivity contribution in [3.63, 3.8) is 0 Å². The molecule has 11 nitrogen and oxygen atoms in total. The Kier molecular flexibility index (Phi) is 6.02. The van der Waals surface area contributed by atoms with Gasteiger partial charge in [-0.3, -0.25) is 9.36 Å². The minimum Gasteiger partial charge on any atom is -0.408 e. The van der Waals surface area contributed by atoms with Crippen LogP contribution in [-0.2, 0) is 21.4 Å². The van der Waals surface area contributed by atoms with E-state index in [2.05, 4.69) is 10.1 Å². The number of carbonyl (C=O) groups excluding carboxylic acids is 1. The molecule has 3 aromatic rings. The molecule has 1 aromatic carbocycles. The minimum atomic E-state index is -3.62. The fourth-order valence-electron chi connectivity index (χ4n) is 4.75. The average molecular weight is 490 g/mol. The summed E-state index contributed by atoms with van der Waals surface area (Å²) < 4.78 is 39.1. The quantitative estimate of drug-likeness (QED) is 0.513. The molecule has 182 valence electrons. The fraction of sp³-hybridized carbons (Fsp3) is 0.545. The number of aromatic nitrogens is 3. The van der Waals surface area contributed by atoms with Crippen LogP contribution in [0.4, 0.5) is 0 Å². The number of nitrogens with zero attached hydrogens (tertiary/aromatic N) is 5. The number of sulfonamides is 1. The summed E-state index contributed by atoms with van der Waals surface area (Å²) in [4.78, 5) is 31.5. The molecule has 1 atom stereocenters. The summed E-state index contributed by atoms with van der Waals surface area (Å²) >= 11 is 0. The summed E-state index contributed by atoms with van der Waals surface area (Å²) in [7, 11) is -3.62. The smallest absolute Gasteiger partial charge is 0.408 e. The van der Waals surface area contributed by atoms with Gasteiger partial charge >= 0.3 is 5.76 Å². The molecule has 2 aliphatic rings. The van der Waals surface area contributed by atoms with Crippen molar-refractivity contribution in [3.05, 3.63) is 40.5 Å². The van der Waals surface area contributed by atoms with Gasteiger partial charge in [-0.05, 0) is 44.7 Å². The lowest BCUT2D eigenvalue weighted by molar-refractivity contribution is -0.132. The maximum atomic E-state index is 12.9. The molecule has 0 aliphatic carbocycles. The lowest BCUT2D eigenvalue weighted by atomic mass is 9.97. The van der Waals surface area contributed by atoms with Crippen molar-refractivity contribution in [2.24, 2.45) is 0 Å². The number of fused-ring (bicyclic) bond motifs is 1. The molecular formula is C22H27N5O6S. The Morgan fingerprint density at radius 2 is 1.97 bits per heavy atom. The van der Waals surface area contributed by atoms with Crippen molar-refractivity contribution in [1.82, 2.24) is 23.9 Å². The highest BCUT2D eigenvalue weighted by atomic mass is 32.2. The van der Waals surface area contributed by atoms with Crippen molar-refractivity contribution >= 4 is 27.0 Å². The molecule has 2 fully saturated rings. The third-order valence-corrected chi connectivity index (χ3v) is 8.45. The minimum absolute atomic E-state index is 0.00681. The molecule has 34 heavy (non-hydrogen) atoms. The van der Waals surface area contributed by atoms with Crippen LogP contribution < -0.4 is 5.76 Å². The van der Waals surface area contributed by atoms with Gasteiger partial charge in [0.15, 0.2) is 11.4 Å². The van der Waals surface area contributed by atoms with E-state index in [0.29, 0.717) is 43.4 Å². The van der Waals surface area contributed by atoms with E-state index in [1.54, 1.807) is 17.9 Å². The van der Waals surface area contributed by atoms with Gasteiger partial charge in [-0.1, -0.05) is 5.16 Å². The van der Waals surface area contributed by atoms with Gasteiger partial charge in [-0.2, -0.15) is 9.29 Å². The molecule has 2 saturated heterocycles. The van der Waals surface area contributed by atoms with E-state index in [9.17, 15) is 18.0 Å². The topological polar surface area (TPSA) is 132 Å². The normalized spacial score (nSPS) is 19.8. The van der Waals surface area contributed by atoms with E-state index < -0.39 is 15.8 Å². The zero-order valence-corrected chi connectivity index (χ0v) is 19.8. The van der Waals surface area contributed by atoms with Gasteiger partial charge in [0.2, 0.25) is 21.8 Å². The molecule has 2 aromatic heterocycles. The van der Waals surface area contributed by atoms with Gasteiger partial charge < -0.3 is 13.8 Å². The fourth-order valence-corrected chi connectivity index (χ4v) is 6.28. The van der Waals surface area contributed by atoms with Crippen molar-refractivity contribution in [2.75, 3.05) is 26.2 Å². The predicted molar refractivity (Wildman–Crippen MR) is 121 cm³/mol. The Labute approximate surface area is 196 Å². The number of hydrogen-bond donors (Lipinski definition) is 0. The lowest BCUT2D eigenvalue weighted by Gasteiger charge is -2.31. The van der Waals surface area contributed by atoms with Crippen LogP contribution in [-0.4, -0.2) is 64.4 Å². The third kappa shape index (κ3) is 4.27. The van der Waals surface area contributed by atoms with Crippen molar-refractivity contribution in [2.45, 2.75) is 56.4 Å². The van der Waals surface area contributed by atoms with Gasteiger partial charge in [-0.25, -0.2) is 13.2 Å². The Morgan fingerprint density at radius 3 is 2.71 bits per heavy atom. The first-order valence-electron chi connectivity index (χ1n) is 11.5. The number of benzene rings is 1. The van der Waals surface area contributed by atoms with E-state index in [-0.39, 0.29) is 35.3 Å². The summed E-state index contributed by atoms with van der Waals surface area (Å²) in [6, 6.07) is 4.46. The molecule has 12 heteroatoms. The van der Waals surface area contributed by atoms with Crippen LogP contribution in [0.25, 0.3) is 11.1 Å². The monoisotopic (exact) mass is 489 g/mol. The highest BCUT2D eigenvalue weighted by molar-refractivity contribution is 7.89. The zero-order valence-electron chi connectivity index (χ0n) is 19.0. The lowest BCUT2D eigenvalue weighted by Crippen LogP contribution is -2.39. The Morgan fingerprint density at radius 1 is 1.18 bits per heavy atom. The van der Waals surface area contributed by atoms with Crippen LogP contribution in [0, 0.1) is 6.92 Å². The number of amides is 1. The zero-order chi connectivity index (χ0) is 23.9. The molecular weight excluding hydrogens is 462 g/mol. The third-order valence-electron chi connectivity index (χ3n) is 6.56. The number of aryl methyl sites for hydroxylation is 2. The molecule has 0 spiro atoms. The summed E-state index contributed by atoms with van der Waals surface area (Å²) in [5.74, 6) is 0.437. The summed E-state index contributed by atoms with van der Waals surface area (Å²) in [6.45, 7) is 4.04. The first-order valence-corrected chi connectivity index (χ1v) is 13.0. The highest BCUT2D eigenvalue weighted by Crippen LogP contribution is 2.27. The Balaban J connectivity index is 1.29. The Bertz CT molecular complexity index is 1370. The van der Waals surface area contributed by atoms with Crippen LogP contribution >= 0.6 is 0 Å². The van der Waals surface area contributed by atoms with Crippen molar-refractivity contribution < 1.29 is 22.2 Å². The van der Waals surface area contributed by atoms with E-state index in [0.717, 1.165) is 25.7 Å². The maximum absolute atomic E-state index is 12.9. The number of hydrogen-bond acceptors (Lipinski definition) is 8. The second-order valence-electron chi connectivity index (χ2n) is 8.87. The molecule has 0 bridgehead atoms. The van der Waals surface area contributed by atoms with Gasteiger partial charge in [-0.15, -0.1) is 0 Å². The van der Waals surface area contributed by atoms with Crippen LogP contribution in [0.3, 0.4) is 0 Å². The molecule has 1 unspecified atom stereocenters. The second-order valence-corrected chi connectivity index (χ2v) is 10.8. The van der Waals surface area contributed by atoms with Crippen molar-refractivity contribution in [3.8, 4) is 0 Å². The first-order chi connectivity index (χ1) is 16.3. The maximum Gasteiger partial charge on any atom is 0.419 e. The van der Waals surface area contributed by atoms with Gasteiger partial charge in [0, 0.05) is 45.2 Å². The second kappa shape index (κ2) is 8.99. The van der Waals surface area contributed by atoms with Crippen LogP contribution in [0.15, 0.2) is 36.8 Å². The SMILES string of the molecule is Cc1noc(C2CCCN(C(=O)CCn3c(=O)oc4cc(S(=O)(=O)N5CCCC5)ccc43)C2)n1. The number of likely N-dealkylation sites (tertiary alicyclic amines) is 1. The average Bonchev–Trinajstić information content (AvgIpc) is 3.57. The van der Waals surface area contributed by atoms with Crippen molar-refractivity contribution in [1.29, 1.82) is 0 Å². The summed E-state index contributed by atoms with van der Waals surface area (Å²) in [5, 5.41) is 3.84. The standard InChI is InChI=1S/C22H27N5O6S/c1-15-23-21(33-24-15)16-5-4-9-25(14-16)20(28)8-12-27-18-7-6-17(13-19(18)32-22(27)29)34(30,31)26-10-2-3-11-26/h6-7,13,16H,2-5,8-12,14H2,1H3.